The van der Waals surface area contributed by atoms with E-state index in [-0.39, 0.29) is 0 Å². The number of rotatable bonds is 5. The van der Waals surface area contributed by atoms with Crippen molar-refractivity contribution < 1.29 is 4.74 Å². The maximum absolute atomic E-state index is 5.11. The van der Waals surface area contributed by atoms with Gasteiger partial charge in [-0.25, -0.2) is 4.98 Å². The minimum absolute atomic E-state index is 0.812. The van der Waals surface area contributed by atoms with Gasteiger partial charge in [0.2, 0.25) is 5.95 Å². The highest BCUT2D eigenvalue weighted by atomic mass is 16.5. The predicted octanol–water partition coefficient (Wildman–Crippen LogP) is 0.575. The highest BCUT2D eigenvalue weighted by Crippen LogP contribution is 2.29. The molecule has 2 unspecified atom stereocenters. The van der Waals surface area contributed by atoms with E-state index in [4.69, 9.17) is 4.74 Å². The van der Waals surface area contributed by atoms with E-state index in [1.165, 1.54) is 13.1 Å². The number of aryl methyl sites for hydroxylation is 1. The Bertz CT molecular complexity index is 380. The summed E-state index contributed by atoms with van der Waals surface area (Å²) in [5, 5.41) is 3.48. The molecule has 0 saturated carbocycles. The van der Waals surface area contributed by atoms with Crippen molar-refractivity contribution >= 4 is 5.95 Å². The molecule has 5 heteroatoms. The van der Waals surface area contributed by atoms with Gasteiger partial charge in [0.15, 0.2) is 0 Å². The van der Waals surface area contributed by atoms with Gasteiger partial charge in [-0.15, -0.1) is 0 Å². The van der Waals surface area contributed by atoms with Crippen LogP contribution in [0.15, 0.2) is 12.4 Å². The number of fused-ring (bicyclic) bond motifs is 1. The second-order valence-corrected chi connectivity index (χ2v) is 5.35. The molecule has 0 bridgehead atoms. The zero-order valence-corrected chi connectivity index (χ0v) is 11.0. The molecule has 2 aliphatic rings. The van der Waals surface area contributed by atoms with E-state index in [0.29, 0.717) is 0 Å². The lowest BCUT2D eigenvalue weighted by Crippen LogP contribution is -2.28. The maximum atomic E-state index is 5.11. The topological polar surface area (TPSA) is 42.3 Å². The van der Waals surface area contributed by atoms with Gasteiger partial charge in [-0.3, -0.25) is 0 Å². The second kappa shape index (κ2) is 5.28. The first kappa shape index (κ1) is 12.0. The lowest BCUT2D eigenvalue weighted by molar-refractivity contribution is 0.190. The Balaban J connectivity index is 1.64. The summed E-state index contributed by atoms with van der Waals surface area (Å²) in [6, 6.07) is 0. The quantitative estimate of drug-likeness (QED) is 0.776. The van der Waals surface area contributed by atoms with Crippen LogP contribution in [-0.2, 0) is 11.3 Å². The number of nitrogens with zero attached hydrogens (tertiary/aromatic N) is 3. The van der Waals surface area contributed by atoms with Gasteiger partial charge >= 0.3 is 0 Å². The van der Waals surface area contributed by atoms with Gasteiger partial charge < -0.3 is 19.5 Å². The molecular formula is C13H22N4O. The third kappa shape index (κ3) is 2.24. The Morgan fingerprint density at radius 3 is 2.89 bits per heavy atom. The molecular weight excluding hydrogens is 228 g/mol. The number of hydrogen-bond acceptors (Lipinski definition) is 4. The van der Waals surface area contributed by atoms with Crippen LogP contribution in [0.2, 0.25) is 0 Å². The summed E-state index contributed by atoms with van der Waals surface area (Å²) in [5.74, 6) is 2.77. The molecule has 1 N–H and O–H groups in total. The van der Waals surface area contributed by atoms with Crippen LogP contribution in [0.3, 0.4) is 0 Å². The first-order chi connectivity index (χ1) is 8.88. The molecule has 1 aromatic rings. The van der Waals surface area contributed by atoms with Crippen molar-refractivity contribution in [2.75, 3.05) is 44.8 Å². The molecule has 0 amide bonds. The number of nitrogens with one attached hydrogen (secondary N) is 1. The van der Waals surface area contributed by atoms with Crippen LogP contribution in [0.4, 0.5) is 5.95 Å². The molecule has 2 fully saturated rings. The molecule has 0 aromatic carbocycles. The van der Waals surface area contributed by atoms with E-state index < -0.39 is 0 Å². The largest absolute Gasteiger partial charge is 0.385 e. The molecule has 3 rings (SSSR count). The van der Waals surface area contributed by atoms with Crippen LogP contribution in [0.1, 0.15) is 6.42 Å². The lowest BCUT2D eigenvalue weighted by Gasteiger charge is -2.20. The van der Waals surface area contributed by atoms with Gasteiger partial charge in [-0.1, -0.05) is 0 Å². The Labute approximate surface area is 108 Å². The van der Waals surface area contributed by atoms with Crippen molar-refractivity contribution in [2.45, 2.75) is 13.0 Å². The normalized spacial score (nSPS) is 26.8. The van der Waals surface area contributed by atoms with Crippen LogP contribution in [0, 0.1) is 11.8 Å². The molecule has 0 aliphatic carbocycles. The summed E-state index contributed by atoms with van der Waals surface area (Å²) in [6.45, 7) is 6.45. The average molecular weight is 250 g/mol. The smallest absolute Gasteiger partial charge is 0.205 e. The van der Waals surface area contributed by atoms with Gasteiger partial charge in [0.25, 0.3) is 0 Å². The Hall–Kier alpha value is -1.07. The van der Waals surface area contributed by atoms with Gasteiger partial charge in [0.1, 0.15) is 0 Å². The van der Waals surface area contributed by atoms with Gasteiger partial charge in [0.05, 0.1) is 0 Å². The number of methoxy groups -OCH3 is 1. The lowest BCUT2D eigenvalue weighted by atomic mass is 10.0. The van der Waals surface area contributed by atoms with Crippen LogP contribution in [0.25, 0.3) is 0 Å². The fourth-order valence-corrected chi connectivity index (χ4v) is 3.16. The molecule has 2 aliphatic heterocycles. The summed E-state index contributed by atoms with van der Waals surface area (Å²) in [4.78, 5) is 6.98. The van der Waals surface area contributed by atoms with Crippen molar-refractivity contribution in [3.8, 4) is 0 Å². The SMILES string of the molecule is COCCCn1ccnc1N1CC2CNCC2C1. The maximum Gasteiger partial charge on any atom is 0.205 e. The molecule has 2 saturated heterocycles. The van der Waals surface area contributed by atoms with Crippen LogP contribution in [0.5, 0.6) is 0 Å². The number of aromatic nitrogens is 2. The molecule has 5 nitrogen and oxygen atoms in total. The van der Waals surface area contributed by atoms with Gasteiger partial charge in [0, 0.05) is 58.8 Å². The zero-order valence-electron chi connectivity index (χ0n) is 11.0. The molecule has 100 valence electrons. The molecule has 3 heterocycles. The summed E-state index contributed by atoms with van der Waals surface area (Å²) in [6.07, 6.45) is 5.04. The van der Waals surface area contributed by atoms with E-state index in [1.54, 1.807) is 7.11 Å². The summed E-state index contributed by atoms with van der Waals surface area (Å²) in [5.41, 5.74) is 0. The van der Waals surface area contributed by atoms with Crippen molar-refractivity contribution in [3.63, 3.8) is 0 Å². The highest BCUT2D eigenvalue weighted by Gasteiger charge is 2.37. The molecule has 18 heavy (non-hydrogen) atoms. The fraction of sp³-hybridized carbons (Fsp3) is 0.769. The van der Waals surface area contributed by atoms with E-state index >= 15 is 0 Å². The summed E-state index contributed by atoms with van der Waals surface area (Å²) < 4.78 is 7.37. The van der Waals surface area contributed by atoms with E-state index in [2.05, 4.69) is 26.0 Å². The second-order valence-electron chi connectivity index (χ2n) is 5.35. The third-order valence-corrected chi connectivity index (χ3v) is 4.11. The van der Waals surface area contributed by atoms with E-state index in [0.717, 1.165) is 50.4 Å². The Morgan fingerprint density at radius 1 is 1.39 bits per heavy atom. The van der Waals surface area contributed by atoms with Crippen LogP contribution < -0.4 is 10.2 Å². The molecule has 0 spiro atoms. The van der Waals surface area contributed by atoms with Crippen molar-refractivity contribution in [1.82, 2.24) is 14.9 Å². The first-order valence-electron chi connectivity index (χ1n) is 6.84. The van der Waals surface area contributed by atoms with Crippen LogP contribution in [-0.4, -0.2) is 49.4 Å². The Kier molecular flexibility index (Phi) is 3.52. The number of imidazole rings is 1. The molecule has 2 atom stereocenters. The summed E-state index contributed by atoms with van der Waals surface area (Å²) in [7, 11) is 1.75. The fourth-order valence-electron chi connectivity index (χ4n) is 3.16. The summed E-state index contributed by atoms with van der Waals surface area (Å²) >= 11 is 0. The number of hydrogen-bond donors (Lipinski definition) is 1. The standard InChI is InChI=1S/C13H22N4O/c1-18-6-2-4-16-5-3-15-13(16)17-9-11-7-14-8-12(11)10-17/h3,5,11-12,14H,2,4,6-10H2,1H3. The van der Waals surface area contributed by atoms with Crippen molar-refractivity contribution in [2.24, 2.45) is 11.8 Å². The number of anilines is 1. The third-order valence-electron chi connectivity index (χ3n) is 4.11. The highest BCUT2D eigenvalue weighted by molar-refractivity contribution is 5.34. The van der Waals surface area contributed by atoms with Gasteiger partial charge in [-0.2, -0.15) is 0 Å². The number of ether oxygens (including phenoxy) is 1. The van der Waals surface area contributed by atoms with E-state index in [1.807, 2.05) is 6.20 Å². The zero-order chi connectivity index (χ0) is 12.4. The minimum atomic E-state index is 0.812. The van der Waals surface area contributed by atoms with Crippen molar-refractivity contribution in [3.05, 3.63) is 12.4 Å². The predicted molar refractivity (Wildman–Crippen MR) is 70.8 cm³/mol. The van der Waals surface area contributed by atoms with Gasteiger partial charge in [-0.05, 0) is 18.3 Å². The molecule has 1 aromatic heterocycles. The molecule has 0 radical (unpaired) electrons. The monoisotopic (exact) mass is 250 g/mol. The average Bonchev–Trinajstić information content (AvgIpc) is 3.02. The Morgan fingerprint density at radius 2 is 2.17 bits per heavy atom. The van der Waals surface area contributed by atoms with Crippen LogP contribution >= 0.6 is 0 Å². The van der Waals surface area contributed by atoms with Crippen molar-refractivity contribution in [1.29, 1.82) is 0 Å². The first-order valence-corrected chi connectivity index (χ1v) is 6.84. The van der Waals surface area contributed by atoms with E-state index in [9.17, 15) is 0 Å². The minimum Gasteiger partial charge on any atom is -0.385 e.